The monoisotopic (exact) mass is 133 g/mol. The van der Waals surface area contributed by atoms with Crippen LogP contribution in [0.4, 0.5) is 0 Å². The van der Waals surface area contributed by atoms with E-state index in [0.717, 1.165) is 0 Å². The van der Waals surface area contributed by atoms with E-state index < -0.39 is 0 Å². The smallest absolute Gasteiger partial charge is 0.173 e. The van der Waals surface area contributed by atoms with Crippen LogP contribution in [-0.2, 0) is 0 Å². The first-order valence-corrected chi connectivity index (χ1v) is 2.86. The molecule has 3 heteroatoms. The topological polar surface area (TPSA) is 60.1 Å². The first kappa shape index (κ1) is 6.61. The number of benzene rings is 1. The van der Waals surface area contributed by atoms with E-state index in [9.17, 15) is 0 Å². The van der Waals surface area contributed by atoms with Crippen LogP contribution < -0.4 is 0 Å². The van der Waals surface area contributed by atoms with Gasteiger partial charge in [0.2, 0.25) is 0 Å². The van der Waals surface area contributed by atoms with E-state index >= 15 is 0 Å². The molecule has 0 spiro atoms. The Morgan fingerprint density at radius 3 is 2.30 bits per heavy atom. The number of amidine groups is 1. The van der Waals surface area contributed by atoms with Gasteiger partial charge in [-0.3, -0.25) is 5.41 Å². The lowest BCUT2D eigenvalue weighted by Crippen LogP contribution is -1.90. The van der Waals surface area contributed by atoms with Gasteiger partial charge in [-0.15, -0.1) is 5.11 Å². The lowest BCUT2D eigenvalue weighted by atomic mass is 10.2. The molecular weight excluding hydrogens is 126 g/mol. The summed E-state index contributed by atoms with van der Waals surface area (Å²) in [7, 11) is 0. The summed E-state index contributed by atoms with van der Waals surface area (Å²) in [6.07, 6.45) is 0. The highest BCUT2D eigenvalue weighted by molar-refractivity contribution is 5.96. The third-order valence-corrected chi connectivity index (χ3v) is 1.16. The molecule has 0 unspecified atom stereocenters. The van der Waals surface area contributed by atoms with Gasteiger partial charge in [0, 0.05) is 5.56 Å². The second-order valence-electron chi connectivity index (χ2n) is 1.83. The Bertz CT molecular complexity index is 240. The molecule has 0 aliphatic heterocycles. The van der Waals surface area contributed by atoms with E-state index in [2.05, 4.69) is 5.11 Å². The minimum Gasteiger partial charge on any atom is -0.281 e. The standard InChI is InChI=1S/C7H7N3/c8-7(10-9)6-4-2-1-3-5-6/h1-5,8-9H. The Morgan fingerprint density at radius 1 is 1.20 bits per heavy atom. The van der Waals surface area contributed by atoms with Crippen LogP contribution >= 0.6 is 0 Å². The van der Waals surface area contributed by atoms with Crippen molar-refractivity contribution in [2.75, 3.05) is 0 Å². The Morgan fingerprint density at radius 2 is 1.80 bits per heavy atom. The number of rotatable bonds is 1. The lowest BCUT2D eigenvalue weighted by molar-refractivity contribution is 1.16. The molecule has 0 aromatic heterocycles. The van der Waals surface area contributed by atoms with Crippen LogP contribution in [0.5, 0.6) is 0 Å². The summed E-state index contributed by atoms with van der Waals surface area (Å²) >= 11 is 0. The average Bonchev–Trinajstić information content (AvgIpc) is 2.05. The maximum Gasteiger partial charge on any atom is 0.173 e. The van der Waals surface area contributed by atoms with Crippen LogP contribution in [0, 0.1) is 10.9 Å². The summed E-state index contributed by atoms with van der Waals surface area (Å²) in [4.78, 5) is 0. The zero-order valence-corrected chi connectivity index (χ0v) is 5.33. The van der Waals surface area contributed by atoms with Crippen molar-refractivity contribution in [2.24, 2.45) is 5.11 Å². The molecule has 50 valence electrons. The molecule has 1 aromatic rings. The van der Waals surface area contributed by atoms with E-state index in [1.54, 1.807) is 12.1 Å². The van der Waals surface area contributed by atoms with Crippen LogP contribution in [0.1, 0.15) is 5.56 Å². The molecule has 0 atom stereocenters. The molecule has 0 bridgehead atoms. The predicted octanol–water partition coefficient (Wildman–Crippen LogP) is 2.04. The second kappa shape index (κ2) is 2.87. The van der Waals surface area contributed by atoms with Crippen LogP contribution in [0.15, 0.2) is 35.4 Å². The van der Waals surface area contributed by atoms with Crippen molar-refractivity contribution < 1.29 is 0 Å². The molecule has 3 nitrogen and oxygen atoms in total. The van der Waals surface area contributed by atoms with Crippen LogP contribution in [-0.4, -0.2) is 5.84 Å². The molecule has 0 heterocycles. The van der Waals surface area contributed by atoms with Crippen LogP contribution in [0.2, 0.25) is 0 Å². The molecule has 0 saturated heterocycles. The molecular formula is C7H7N3. The summed E-state index contributed by atoms with van der Waals surface area (Å²) in [6, 6.07) is 8.99. The molecule has 0 amide bonds. The Kier molecular flexibility index (Phi) is 1.89. The van der Waals surface area contributed by atoms with Gasteiger partial charge in [-0.05, 0) is 0 Å². The molecule has 0 radical (unpaired) electrons. The first-order chi connectivity index (χ1) is 4.84. The highest BCUT2D eigenvalue weighted by Crippen LogP contribution is 1.99. The predicted molar refractivity (Wildman–Crippen MR) is 38.4 cm³/mol. The summed E-state index contributed by atoms with van der Waals surface area (Å²) < 4.78 is 0. The fourth-order valence-electron chi connectivity index (χ4n) is 0.661. The largest absolute Gasteiger partial charge is 0.281 e. The summed E-state index contributed by atoms with van der Waals surface area (Å²) in [5, 5.41) is 10.1. The van der Waals surface area contributed by atoms with E-state index in [0.29, 0.717) is 5.56 Å². The molecule has 0 aliphatic rings. The minimum absolute atomic E-state index is 0.000556. The Labute approximate surface area is 58.7 Å². The number of hydrogen-bond donors (Lipinski definition) is 2. The van der Waals surface area contributed by atoms with Gasteiger partial charge in [0.05, 0.1) is 0 Å². The molecule has 0 fully saturated rings. The van der Waals surface area contributed by atoms with Gasteiger partial charge in [0.1, 0.15) is 0 Å². The molecule has 2 N–H and O–H groups in total. The molecule has 0 aliphatic carbocycles. The normalized spacial score (nSPS) is 8.80. The van der Waals surface area contributed by atoms with Gasteiger partial charge in [-0.2, -0.15) is 0 Å². The van der Waals surface area contributed by atoms with Crippen molar-refractivity contribution in [3.63, 3.8) is 0 Å². The van der Waals surface area contributed by atoms with Gasteiger partial charge < -0.3 is 0 Å². The van der Waals surface area contributed by atoms with Crippen molar-refractivity contribution in [2.45, 2.75) is 0 Å². The van der Waals surface area contributed by atoms with Gasteiger partial charge in [0.25, 0.3) is 0 Å². The van der Waals surface area contributed by atoms with Crippen molar-refractivity contribution in [1.82, 2.24) is 0 Å². The van der Waals surface area contributed by atoms with Crippen LogP contribution in [0.25, 0.3) is 0 Å². The highest BCUT2D eigenvalue weighted by Gasteiger charge is 1.94. The minimum atomic E-state index is 0.000556. The number of hydrogen-bond acceptors (Lipinski definition) is 2. The zero-order valence-electron chi connectivity index (χ0n) is 5.33. The maximum atomic E-state index is 7.12. The molecule has 10 heavy (non-hydrogen) atoms. The van der Waals surface area contributed by atoms with Crippen molar-refractivity contribution in [3.8, 4) is 0 Å². The summed E-state index contributed by atoms with van der Waals surface area (Å²) in [5.41, 5.74) is 7.22. The molecule has 1 aromatic carbocycles. The van der Waals surface area contributed by atoms with Crippen molar-refractivity contribution >= 4 is 5.84 Å². The average molecular weight is 133 g/mol. The van der Waals surface area contributed by atoms with E-state index in [-0.39, 0.29) is 5.84 Å². The van der Waals surface area contributed by atoms with Gasteiger partial charge in [-0.1, -0.05) is 30.3 Å². The second-order valence-corrected chi connectivity index (χ2v) is 1.83. The lowest BCUT2D eigenvalue weighted by Gasteiger charge is -1.92. The number of nitrogens with one attached hydrogen (secondary N) is 2. The quantitative estimate of drug-likeness (QED) is 0.334. The first-order valence-electron chi connectivity index (χ1n) is 2.86. The fraction of sp³-hybridized carbons (Fsp3) is 0. The van der Waals surface area contributed by atoms with E-state index in [1.165, 1.54) is 0 Å². The summed E-state index contributed by atoms with van der Waals surface area (Å²) in [6.45, 7) is 0. The van der Waals surface area contributed by atoms with Gasteiger partial charge in [-0.25, -0.2) is 5.53 Å². The maximum absolute atomic E-state index is 7.12. The van der Waals surface area contributed by atoms with Crippen molar-refractivity contribution in [3.05, 3.63) is 35.9 Å². The van der Waals surface area contributed by atoms with E-state index in [1.807, 2.05) is 18.2 Å². The highest BCUT2D eigenvalue weighted by atomic mass is 15.0. The summed E-state index contributed by atoms with van der Waals surface area (Å²) in [5.74, 6) is 0.000556. The third-order valence-electron chi connectivity index (χ3n) is 1.16. The van der Waals surface area contributed by atoms with E-state index in [4.69, 9.17) is 10.9 Å². The third kappa shape index (κ3) is 1.25. The zero-order chi connectivity index (χ0) is 7.40. The van der Waals surface area contributed by atoms with Gasteiger partial charge >= 0.3 is 0 Å². The van der Waals surface area contributed by atoms with Crippen LogP contribution in [0.3, 0.4) is 0 Å². The fourth-order valence-corrected chi connectivity index (χ4v) is 0.661. The SMILES string of the molecule is N=NC(=N)c1ccccc1. The Hall–Kier alpha value is -1.51. The Balaban J connectivity index is 2.95. The molecule has 1 rings (SSSR count). The molecule has 0 saturated carbocycles. The van der Waals surface area contributed by atoms with Crippen molar-refractivity contribution in [1.29, 1.82) is 10.9 Å². The van der Waals surface area contributed by atoms with Gasteiger partial charge in [0.15, 0.2) is 5.84 Å². The number of nitrogens with zero attached hydrogens (tertiary/aromatic N) is 1.